The van der Waals surface area contributed by atoms with E-state index in [4.69, 9.17) is 4.74 Å². The van der Waals surface area contributed by atoms with Gasteiger partial charge in [0.15, 0.2) is 0 Å². The second kappa shape index (κ2) is 8.92. The first-order valence-electron chi connectivity index (χ1n) is 11.4. The zero-order valence-corrected chi connectivity index (χ0v) is 19.8. The molecule has 170 valence electrons. The molecule has 3 atom stereocenters. The van der Waals surface area contributed by atoms with Gasteiger partial charge in [-0.15, -0.1) is 0 Å². The number of fused-ring (bicyclic) bond motifs is 2. The van der Waals surface area contributed by atoms with Gasteiger partial charge >= 0.3 is 0 Å². The van der Waals surface area contributed by atoms with Crippen LogP contribution in [0, 0.1) is 13.8 Å². The molecule has 1 N–H and O–H groups in total. The Labute approximate surface area is 185 Å². The number of benzene rings is 1. The van der Waals surface area contributed by atoms with Crippen LogP contribution in [-0.4, -0.2) is 59.1 Å². The Balaban J connectivity index is 1.43. The number of piperidine rings is 1. The first-order chi connectivity index (χ1) is 14.8. The molecule has 3 heterocycles. The average molecular weight is 447 g/mol. The molecule has 1 aromatic heterocycles. The molecule has 0 aliphatic carbocycles. The van der Waals surface area contributed by atoms with E-state index in [0.29, 0.717) is 16.3 Å². The summed E-state index contributed by atoms with van der Waals surface area (Å²) in [6.07, 6.45) is 3.29. The molecule has 31 heavy (non-hydrogen) atoms. The number of ether oxygens (including phenoxy) is 1. The molecule has 0 spiro atoms. The van der Waals surface area contributed by atoms with Gasteiger partial charge in [0.05, 0.1) is 11.4 Å². The molecule has 0 saturated carbocycles. The van der Waals surface area contributed by atoms with Gasteiger partial charge in [0, 0.05) is 31.5 Å². The van der Waals surface area contributed by atoms with Gasteiger partial charge in [-0.3, -0.25) is 10.00 Å². The minimum atomic E-state index is -3.56. The third-order valence-corrected chi connectivity index (χ3v) is 9.01. The van der Waals surface area contributed by atoms with Crippen molar-refractivity contribution >= 4 is 10.0 Å². The van der Waals surface area contributed by atoms with E-state index in [9.17, 15) is 8.42 Å². The van der Waals surface area contributed by atoms with Gasteiger partial charge in [-0.1, -0.05) is 26.0 Å². The molecule has 2 aliphatic rings. The fourth-order valence-corrected chi connectivity index (χ4v) is 7.40. The van der Waals surface area contributed by atoms with Gasteiger partial charge in [0.25, 0.3) is 0 Å². The molecule has 2 bridgehead atoms. The number of sulfonamides is 1. The lowest BCUT2D eigenvalue weighted by atomic mass is 10.0. The molecule has 2 aliphatic heterocycles. The second-order valence-electron chi connectivity index (χ2n) is 8.80. The lowest BCUT2D eigenvalue weighted by molar-refractivity contribution is 0.0956. The zero-order chi connectivity index (χ0) is 22.2. The van der Waals surface area contributed by atoms with Crippen LogP contribution in [0.15, 0.2) is 29.2 Å². The van der Waals surface area contributed by atoms with Crippen molar-refractivity contribution in [2.45, 2.75) is 83.0 Å². The summed E-state index contributed by atoms with van der Waals surface area (Å²) in [4.78, 5) is 2.72. The number of hydrogen-bond acceptors (Lipinski definition) is 5. The molecule has 1 aromatic carbocycles. The number of hydrogen-bond donors (Lipinski definition) is 1. The van der Waals surface area contributed by atoms with E-state index >= 15 is 0 Å². The summed E-state index contributed by atoms with van der Waals surface area (Å²) in [6.45, 7) is 10.9. The van der Waals surface area contributed by atoms with Gasteiger partial charge in [0.2, 0.25) is 10.0 Å². The van der Waals surface area contributed by atoms with E-state index in [1.807, 2.05) is 12.1 Å². The molecule has 2 aromatic rings. The molecule has 8 heteroatoms. The van der Waals surface area contributed by atoms with Crippen LogP contribution in [-0.2, 0) is 16.6 Å². The topological polar surface area (TPSA) is 78.5 Å². The Kier molecular flexibility index (Phi) is 6.42. The van der Waals surface area contributed by atoms with Crippen LogP contribution >= 0.6 is 0 Å². The summed E-state index contributed by atoms with van der Waals surface area (Å²) in [5.74, 6) is 0.866. The van der Waals surface area contributed by atoms with Crippen LogP contribution in [0.1, 0.15) is 56.5 Å². The van der Waals surface area contributed by atoms with Crippen LogP contribution in [0.3, 0.4) is 0 Å². The first-order valence-corrected chi connectivity index (χ1v) is 12.8. The van der Waals surface area contributed by atoms with E-state index in [1.54, 1.807) is 18.2 Å². The summed E-state index contributed by atoms with van der Waals surface area (Å²) in [5.41, 5.74) is 2.43. The zero-order valence-electron chi connectivity index (χ0n) is 19.0. The Bertz CT molecular complexity index is 965. The highest BCUT2D eigenvalue weighted by molar-refractivity contribution is 7.89. The molecule has 0 radical (unpaired) electrons. The lowest BCUT2D eigenvalue weighted by Crippen LogP contribution is -2.49. The van der Waals surface area contributed by atoms with Crippen molar-refractivity contribution in [1.29, 1.82) is 0 Å². The largest absolute Gasteiger partial charge is 0.490 e. The number of H-pyrrole nitrogens is 1. The summed E-state index contributed by atoms with van der Waals surface area (Å²) in [6, 6.07) is 8.33. The van der Waals surface area contributed by atoms with Crippen molar-refractivity contribution in [2.75, 3.05) is 13.1 Å². The second-order valence-corrected chi connectivity index (χ2v) is 10.6. The number of aromatic nitrogens is 2. The number of rotatable bonds is 8. The van der Waals surface area contributed by atoms with Crippen LogP contribution in [0.2, 0.25) is 0 Å². The standard InChI is InChI=1S/C23H34N4O3S/c1-5-26(6-2)15-18-7-11-21(12-8-18)30-22-13-19-9-10-20(14-22)27(19)31(28,29)23-16(3)24-25-17(23)4/h7-8,11-12,19-20,22H,5-6,9-10,13-15H2,1-4H3,(H,24,25)/t19-,20+,22+. The van der Waals surface area contributed by atoms with Crippen molar-refractivity contribution in [2.24, 2.45) is 0 Å². The van der Waals surface area contributed by atoms with Gasteiger partial charge in [-0.05, 0) is 57.5 Å². The normalized spacial score (nSPS) is 24.1. The molecular formula is C23H34N4O3S. The summed E-state index contributed by atoms with van der Waals surface area (Å²) in [7, 11) is -3.56. The van der Waals surface area contributed by atoms with Crippen LogP contribution in [0.5, 0.6) is 5.75 Å². The van der Waals surface area contributed by atoms with Crippen molar-refractivity contribution in [3.63, 3.8) is 0 Å². The number of aryl methyl sites for hydroxylation is 2. The Morgan fingerprint density at radius 2 is 1.71 bits per heavy atom. The van der Waals surface area contributed by atoms with Gasteiger partial charge in [-0.2, -0.15) is 9.40 Å². The third kappa shape index (κ3) is 4.38. The minimum absolute atomic E-state index is 0.00982. The molecule has 2 fully saturated rings. The van der Waals surface area contributed by atoms with Crippen molar-refractivity contribution in [3.05, 3.63) is 41.2 Å². The summed E-state index contributed by atoms with van der Waals surface area (Å²) in [5, 5.41) is 6.91. The third-order valence-electron chi connectivity index (χ3n) is 6.75. The van der Waals surface area contributed by atoms with Gasteiger partial charge in [-0.25, -0.2) is 8.42 Å². The fraction of sp³-hybridized carbons (Fsp3) is 0.609. The average Bonchev–Trinajstić information content (AvgIpc) is 3.24. The van der Waals surface area contributed by atoms with Gasteiger partial charge < -0.3 is 4.74 Å². The molecular weight excluding hydrogens is 412 g/mol. The lowest BCUT2D eigenvalue weighted by Gasteiger charge is -2.37. The van der Waals surface area contributed by atoms with Crippen LogP contribution in [0.4, 0.5) is 0 Å². The molecule has 0 unspecified atom stereocenters. The number of nitrogens with one attached hydrogen (secondary N) is 1. The highest BCUT2D eigenvalue weighted by atomic mass is 32.2. The summed E-state index contributed by atoms with van der Waals surface area (Å²) < 4.78 is 34.9. The van der Waals surface area contributed by atoms with E-state index in [1.165, 1.54) is 5.56 Å². The van der Waals surface area contributed by atoms with Crippen molar-refractivity contribution in [1.82, 2.24) is 19.4 Å². The maximum Gasteiger partial charge on any atom is 0.247 e. The predicted octanol–water partition coefficient (Wildman–Crippen LogP) is 3.63. The van der Waals surface area contributed by atoms with Gasteiger partial charge in [0.1, 0.15) is 16.7 Å². The predicted molar refractivity (Wildman–Crippen MR) is 121 cm³/mol. The fourth-order valence-electron chi connectivity index (χ4n) is 5.17. The van der Waals surface area contributed by atoms with Crippen LogP contribution < -0.4 is 4.74 Å². The van der Waals surface area contributed by atoms with E-state index in [2.05, 4.69) is 41.1 Å². The Hall–Kier alpha value is -1.90. The molecule has 4 rings (SSSR count). The monoisotopic (exact) mass is 446 g/mol. The first kappa shape index (κ1) is 22.3. The SMILES string of the molecule is CCN(CC)Cc1ccc(O[C@H]2C[C@H]3CC[C@@H](C2)N3S(=O)(=O)c2c(C)n[nH]c2C)cc1. The van der Waals surface area contributed by atoms with Crippen molar-refractivity contribution in [3.8, 4) is 5.75 Å². The van der Waals surface area contributed by atoms with E-state index in [-0.39, 0.29) is 18.2 Å². The van der Waals surface area contributed by atoms with Crippen molar-refractivity contribution < 1.29 is 13.2 Å². The highest BCUT2D eigenvalue weighted by Gasteiger charge is 2.48. The maximum atomic E-state index is 13.4. The Morgan fingerprint density at radius 3 is 2.23 bits per heavy atom. The molecule has 0 amide bonds. The molecule has 7 nitrogen and oxygen atoms in total. The maximum absolute atomic E-state index is 13.4. The minimum Gasteiger partial charge on any atom is -0.490 e. The molecule has 2 saturated heterocycles. The number of aromatic amines is 1. The van der Waals surface area contributed by atoms with E-state index in [0.717, 1.165) is 51.1 Å². The highest BCUT2D eigenvalue weighted by Crippen LogP contribution is 2.41. The summed E-state index contributed by atoms with van der Waals surface area (Å²) >= 11 is 0. The number of nitrogens with zero attached hydrogens (tertiary/aromatic N) is 3. The quantitative estimate of drug-likeness (QED) is 0.670. The Morgan fingerprint density at radius 1 is 1.10 bits per heavy atom. The van der Waals surface area contributed by atoms with Crippen LogP contribution in [0.25, 0.3) is 0 Å². The van der Waals surface area contributed by atoms with E-state index < -0.39 is 10.0 Å². The smallest absolute Gasteiger partial charge is 0.247 e.